The molecule has 0 aliphatic rings. The van der Waals surface area contributed by atoms with Crippen molar-refractivity contribution in [2.24, 2.45) is 5.73 Å². The number of amides is 2. The number of rotatable bonds is 5. The normalized spacial score (nSPS) is 10.3. The van der Waals surface area contributed by atoms with Crippen molar-refractivity contribution in [1.29, 1.82) is 0 Å². The first-order chi connectivity index (χ1) is 12.4. The van der Waals surface area contributed by atoms with Gasteiger partial charge >= 0.3 is 0 Å². The lowest BCUT2D eigenvalue weighted by atomic mass is 10.1. The third-order valence-electron chi connectivity index (χ3n) is 3.78. The average molecular weight is 348 g/mol. The van der Waals surface area contributed by atoms with E-state index in [1.54, 1.807) is 54.7 Å². The van der Waals surface area contributed by atoms with E-state index in [9.17, 15) is 14.4 Å². The summed E-state index contributed by atoms with van der Waals surface area (Å²) in [5, 5.41) is 6.85. The van der Waals surface area contributed by atoms with Gasteiger partial charge in [-0.2, -0.15) is 5.10 Å². The van der Waals surface area contributed by atoms with Gasteiger partial charge in [0.1, 0.15) is 5.69 Å². The van der Waals surface area contributed by atoms with E-state index >= 15 is 0 Å². The minimum Gasteiger partial charge on any atom is -0.364 e. The lowest BCUT2D eigenvalue weighted by Gasteiger charge is -2.07. The summed E-state index contributed by atoms with van der Waals surface area (Å²) in [5.74, 6) is -0.919. The van der Waals surface area contributed by atoms with E-state index < -0.39 is 5.91 Å². The molecule has 0 bridgehead atoms. The van der Waals surface area contributed by atoms with Gasteiger partial charge in [-0.15, -0.1) is 0 Å². The highest BCUT2D eigenvalue weighted by Crippen LogP contribution is 2.15. The Labute approximate surface area is 149 Å². The SMILES string of the molecule is CC(=O)c1ccc(C(=O)Nc2ccc(-n3ccc(C(N)=O)n3)cc2)cc1. The van der Waals surface area contributed by atoms with Gasteiger partial charge in [-0.25, -0.2) is 4.68 Å². The Morgan fingerprint density at radius 3 is 2.08 bits per heavy atom. The monoisotopic (exact) mass is 348 g/mol. The van der Waals surface area contributed by atoms with Gasteiger partial charge in [0, 0.05) is 23.0 Å². The highest BCUT2D eigenvalue weighted by molar-refractivity contribution is 6.05. The number of hydrogen-bond donors (Lipinski definition) is 2. The molecule has 0 saturated heterocycles. The summed E-state index contributed by atoms with van der Waals surface area (Å²) in [7, 11) is 0. The van der Waals surface area contributed by atoms with Gasteiger partial charge in [0.15, 0.2) is 5.78 Å². The van der Waals surface area contributed by atoms with E-state index in [1.165, 1.54) is 17.7 Å². The molecule has 3 aromatic rings. The fourth-order valence-electron chi connectivity index (χ4n) is 2.36. The van der Waals surface area contributed by atoms with Crippen LogP contribution in [0, 0.1) is 0 Å². The molecule has 0 saturated carbocycles. The van der Waals surface area contributed by atoms with Gasteiger partial charge in [0.25, 0.3) is 11.8 Å². The predicted octanol–water partition coefficient (Wildman–Crippen LogP) is 2.43. The van der Waals surface area contributed by atoms with Crippen LogP contribution in [0.1, 0.15) is 38.1 Å². The number of benzene rings is 2. The largest absolute Gasteiger partial charge is 0.364 e. The van der Waals surface area contributed by atoms with Crippen LogP contribution in [0.15, 0.2) is 60.8 Å². The molecular formula is C19H16N4O3. The number of anilines is 1. The molecule has 1 heterocycles. The van der Waals surface area contributed by atoms with E-state index in [0.717, 1.165) is 5.69 Å². The number of nitrogens with two attached hydrogens (primary N) is 1. The summed E-state index contributed by atoms with van der Waals surface area (Å²) in [6.45, 7) is 1.47. The molecule has 0 unspecified atom stereocenters. The number of Topliss-reactive ketones (excluding diaryl/α,β-unsaturated/α-hetero) is 1. The first-order valence-electron chi connectivity index (χ1n) is 7.82. The van der Waals surface area contributed by atoms with E-state index in [1.807, 2.05) is 0 Å². The molecule has 130 valence electrons. The summed E-state index contributed by atoms with van der Waals surface area (Å²) >= 11 is 0. The van der Waals surface area contributed by atoms with Crippen LogP contribution in [0.3, 0.4) is 0 Å². The van der Waals surface area contributed by atoms with Gasteiger partial charge in [-0.3, -0.25) is 14.4 Å². The van der Waals surface area contributed by atoms with Crippen molar-refractivity contribution < 1.29 is 14.4 Å². The fourth-order valence-corrected chi connectivity index (χ4v) is 2.36. The summed E-state index contributed by atoms with van der Waals surface area (Å²) < 4.78 is 1.52. The van der Waals surface area contributed by atoms with Gasteiger partial charge < -0.3 is 11.1 Å². The molecule has 1 aromatic heterocycles. The second kappa shape index (κ2) is 7.02. The van der Waals surface area contributed by atoms with Crippen molar-refractivity contribution in [3.05, 3.63) is 77.6 Å². The van der Waals surface area contributed by atoms with Crippen LogP contribution in [0.5, 0.6) is 0 Å². The molecule has 0 spiro atoms. The zero-order valence-corrected chi connectivity index (χ0v) is 14.0. The number of carbonyl (C=O) groups is 3. The Morgan fingerprint density at radius 2 is 1.54 bits per heavy atom. The van der Waals surface area contributed by atoms with Crippen LogP contribution in [-0.4, -0.2) is 27.4 Å². The van der Waals surface area contributed by atoms with E-state index in [2.05, 4.69) is 10.4 Å². The standard InChI is InChI=1S/C19H16N4O3/c1-12(24)13-2-4-14(5-3-13)19(26)21-15-6-8-16(9-7-15)23-11-10-17(22-23)18(20)25/h2-11H,1H3,(H2,20,25)(H,21,26). The van der Waals surface area contributed by atoms with Crippen LogP contribution in [0.25, 0.3) is 5.69 Å². The minimum atomic E-state index is -0.594. The molecule has 3 N–H and O–H groups in total. The highest BCUT2D eigenvalue weighted by Gasteiger charge is 2.09. The van der Waals surface area contributed by atoms with Gasteiger partial charge in [0.2, 0.25) is 0 Å². The number of hydrogen-bond acceptors (Lipinski definition) is 4. The first-order valence-corrected chi connectivity index (χ1v) is 7.82. The highest BCUT2D eigenvalue weighted by atomic mass is 16.2. The molecule has 7 heteroatoms. The van der Waals surface area contributed by atoms with Crippen molar-refractivity contribution in [2.75, 3.05) is 5.32 Å². The summed E-state index contributed by atoms with van der Waals surface area (Å²) in [6, 6.07) is 14.9. The number of ketones is 1. The lowest BCUT2D eigenvalue weighted by Crippen LogP contribution is -2.12. The average Bonchev–Trinajstić information content (AvgIpc) is 3.13. The zero-order chi connectivity index (χ0) is 18.7. The topological polar surface area (TPSA) is 107 Å². The molecule has 26 heavy (non-hydrogen) atoms. The second-order valence-corrected chi connectivity index (χ2v) is 5.64. The predicted molar refractivity (Wildman–Crippen MR) is 96.5 cm³/mol. The molecule has 7 nitrogen and oxygen atoms in total. The van der Waals surface area contributed by atoms with Crippen molar-refractivity contribution in [3.63, 3.8) is 0 Å². The maximum atomic E-state index is 12.3. The number of carbonyl (C=O) groups excluding carboxylic acids is 3. The first kappa shape index (κ1) is 17.1. The van der Waals surface area contributed by atoms with Crippen molar-refractivity contribution >= 4 is 23.3 Å². The summed E-state index contributed by atoms with van der Waals surface area (Å²) in [6.07, 6.45) is 1.63. The molecule has 0 radical (unpaired) electrons. The van der Waals surface area contributed by atoms with E-state index in [4.69, 9.17) is 5.73 Å². The summed E-state index contributed by atoms with van der Waals surface area (Å²) in [5.41, 5.74) is 7.70. The Bertz CT molecular complexity index is 973. The lowest BCUT2D eigenvalue weighted by molar-refractivity contribution is 0.0991. The Morgan fingerprint density at radius 1 is 0.923 bits per heavy atom. The number of nitrogens with one attached hydrogen (secondary N) is 1. The van der Waals surface area contributed by atoms with Crippen molar-refractivity contribution in [1.82, 2.24) is 9.78 Å². The third-order valence-corrected chi connectivity index (χ3v) is 3.78. The van der Waals surface area contributed by atoms with Crippen LogP contribution >= 0.6 is 0 Å². The quantitative estimate of drug-likeness (QED) is 0.690. The molecule has 3 rings (SSSR count). The summed E-state index contributed by atoms with van der Waals surface area (Å²) in [4.78, 5) is 34.6. The molecule has 0 aliphatic heterocycles. The van der Waals surface area contributed by atoms with Crippen LogP contribution in [-0.2, 0) is 0 Å². The molecule has 2 amide bonds. The van der Waals surface area contributed by atoms with Gasteiger partial charge in [-0.05, 0) is 49.4 Å². The van der Waals surface area contributed by atoms with Crippen LogP contribution < -0.4 is 11.1 Å². The maximum absolute atomic E-state index is 12.3. The Kier molecular flexibility index (Phi) is 4.62. The Hall–Kier alpha value is -3.74. The molecule has 0 fully saturated rings. The van der Waals surface area contributed by atoms with E-state index in [0.29, 0.717) is 16.8 Å². The third kappa shape index (κ3) is 3.67. The zero-order valence-electron chi connectivity index (χ0n) is 14.0. The maximum Gasteiger partial charge on any atom is 0.269 e. The fraction of sp³-hybridized carbons (Fsp3) is 0.0526. The van der Waals surface area contributed by atoms with Gasteiger partial charge in [0.05, 0.1) is 5.69 Å². The van der Waals surface area contributed by atoms with Gasteiger partial charge in [-0.1, -0.05) is 12.1 Å². The number of primary amides is 1. The van der Waals surface area contributed by atoms with Crippen LogP contribution in [0.4, 0.5) is 5.69 Å². The second-order valence-electron chi connectivity index (χ2n) is 5.64. The molecule has 0 aliphatic carbocycles. The molecule has 2 aromatic carbocycles. The van der Waals surface area contributed by atoms with Crippen LogP contribution in [0.2, 0.25) is 0 Å². The smallest absolute Gasteiger partial charge is 0.269 e. The van der Waals surface area contributed by atoms with Crippen molar-refractivity contribution in [3.8, 4) is 5.69 Å². The Balaban J connectivity index is 1.71. The molecule has 0 atom stereocenters. The van der Waals surface area contributed by atoms with Crippen molar-refractivity contribution in [2.45, 2.75) is 6.92 Å². The number of nitrogens with zero attached hydrogens (tertiary/aromatic N) is 2. The molecular weight excluding hydrogens is 332 g/mol. The van der Waals surface area contributed by atoms with E-state index in [-0.39, 0.29) is 17.4 Å². The minimum absolute atomic E-state index is 0.0503. The number of aromatic nitrogens is 2.